The number of hydrogen-bond donors (Lipinski definition) is 3. The second kappa shape index (κ2) is 7.78. The molecule has 1 saturated carbocycles. The first-order valence-electron chi connectivity index (χ1n) is 7.28. The van der Waals surface area contributed by atoms with Crippen LogP contribution in [0.4, 0.5) is 0 Å². The van der Waals surface area contributed by atoms with Crippen LogP contribution in [0.5, 0.6) is 0 Å². The fourth-order valence-electron chi connectivity index (χ4n) is 2.96. The third-order valence-electron chi connectivity index (χ3n) is 3.88. The number of carbonyl (C=O) groups is 2. The first-order chi connectivity index (χ1) is 10.1. The van der Waals surface area contributed by atoms with Crippen LogP contribution in [0.3, 0.4) is 0 Å². The number of aliphatic hydroxyl groups excluding tert-OH is 1. The third kappa shape index (κ3) is 3.53. The van der Waals surface area contributed by atoms with Crippen molar-refractivity contribution in [1.82, 2.24) is 0 Å². The van der Waals surface area contributed by atoms with Gasteiger partial charge in [-0.15, -0.1) is 23.5 Å². The third-order valence-corrected chi connectivity index (χ3v) is 6.28. The van der Waals surface area contributed by atoms with Crippen LogP contribution < -0.4 is 11.5 Å². The Morgan fingerprint density at radius 1 is 1.00 bits per heavy atom. The molecule has 0 aromatic carbocycles. The van der Waals surface area contributed by atoms with Gasteiger partial charge in [-0.2, -0.15) is 0 Å². The Bertz CT molecular complexity index is 454. The van der Waals surface area contributed by atoms with Crippen LogP contribution in [0.2, 0.25) is 0 Å². The number of fused-ring (bicyclic) bond motifs is 1. The molecule has 7 heteroatoms. The van der Waals surface area contributed by atoms with Crippen LogP contribution in [-0.4, -0.2) is 47.4 Å². The quantitative estimate of drug-likeness (QED) is 0.651. The van der Waals surface area contributed by atoms with Crippen molar-refractivity contribution >= 4 is 35.1 Å². The predicted molar refractivity (Wildman–Crippen MR) is 86.9 cm³/mol. The topological polar surface area (TPSA) is 106 Å². The van der Waals surface area contributed by atoms with Crippen LogP contribution in [-0.2, 0) is 9.59 Å². The summed E-state index contributed by atoms with van der Waals surface area (Å²) in [5.74, 6) is 0.216. The summed E-state index contributed by atoms with van der Waals surface area (Å²) in [5.41, 5.74) is 11.0. The Morgan fingerprint density at radius 3 is 2.14 bits per heavy atom. The van der Waals surface area contributed by atoms with Crippen LogP contribution in [0.15, 0.2) is 9.81 Å². The van der Waals surface area contributed by atoms with Crippen LogP contribution in [0, 0.1) is 11.8 Å². The average molecular weight is 330 g/mol. The van der Waals surface area contributed by atoms with Crippen molar-refractivity contribution < 1.29 is 14.7 Å². The zero-order chi connectivity index (χ0) is 15.4. The lowest BCUT2D eigenvalue weighted by atomic mass is 9.70. The summed E-state index contributed by atoms with van der Waals surface area (Å²) in [6.45, 7) is 0.905. The van der Waals surface area contributed by atoms with Crippen LogP contribution in [0.1, 0.15) is 19.3 Å². The number of Topliss-reactive ketones (excluding diaryl/α,β-unsaturated/α-hetero) is 2. The first-order valence-corrected chi connectivity index (χ1v) is 9.25. The first kappa shape index (κ1) is 17.0. The fraction of sp³-hybridized carbons (Fsp3) is 0.714. The van der Waals surface area contributed by atoms with Gasteiger partial charge in [-0.05, 0) is 12.8 Å². The van der Waals surface area contributed by atoms with E-state index in [2.05, 4.69) is 0 Å². The van der Waals surface area contributed by atoms with Gasteiger partial charge in [-0.25, -0.2) is 0 Å². The summed E-state index contributed by atoms with van der Waals surface area (Å²) < 4.78 is 0. The lowest BCUT2D eigenvalue weighted by Gasteiger charge is -2.38. The molecule has 2 aliphatic rings. The molecule has 0 amide bonds. The summed E-state index contributed by atoms with van der Waals surface area (Å²) >= 11 is 2.70. The standard InChI is InChI=1S/C14H22N2O3S2/c15-4-6-20-13-11(18)8-2-1-3-9(17)10(8)12(19)14(13)21-7-5-16/h8-10,17H,1-7,15-16H2. The van der Waals surface area contributed by atoms with E-state index in [1.54, 1.807) is 0 Å². The van der Waals surface area contributed by atoms with Crippen LogP contribution >= 0.6 is 23.5 Å². The largest absolute Gasteiger partial charge is 0.392 e. The second-order valence-corrected chi connectivity index (χ2v) is 7.50. The highest BCUT2D eigenvalue weighted by molar-refractivity contribution is 8.08. The predicted octanol–water partition coefficient (Wildman–Crippen LogP) is 0.511. The molecule has 1 fully saturated rings. The molecule has 5 nitrogen and oxygen atoms in total. The average Bonchev–Trinajstić information content (AvgIpc) is 2.48. The summed E-state index contributed by atoms with van der Waals surface area (Å²) in [5, 5.41) is 10.1. The van der Waals surface area contributed by atoms with Gasteiger partial charge in [0.05, 0.1) is 21.8 Å². The van der Waals surface area contributed by atoms with Gasteiger partial charge in [0.2, 0.25) is 0 Å². The molecular formula is C14H22N2O3S2. The van der Waals surface area contributed by atoms with E-state index in [4.69, 9.17) is 11.5 Å². The van der Waals surface area contributed by atoms with Crippen molar-refractivity contribution in [1.29, 1.82) is 0 Å². The van der Waals surface area contributed by atoms with E-state index in [9.17, 15) is 14.7 Å². The van der Waals surface area contributed by atoms with Gasteiger partial charge >= 0.3 is 0 Å². The lowest BCUT2D eigenvalue weighted by Crippen LogP contribution is -2.45. The molecule has 21 heavy (non-hydrogen) atoms. The number of aliphatic hydroxyl groups is 1. The monoisotopic (exact) mass is 330 g/mol. The molecule has 118 valence electrons. The lowest BCUT2D eigenvalue weighted by molar-refractivity contribution is -0.136. The van der Waals surface area contributed by atoms with Crippen molar-refractivity contribution in [3.8, 4) is 0 Å². The molecule has 0 aromatic heterocycles. The Kier molecular flexibility index (Phi) is 6.31. The van der Waals surface area contributed by atoms with E-state index in [1.807, 2.05) is 0 Å². The summed E-state index contributed by atoms with van der Waals surface area (Å²) in [7, 11) is 0. The van der Waals surface area contributed by atoms with Gasteiger partial charge in [0.15, 0.2) is 11.6 Å². The molecule has 0 spiro atoms. The van der Waals surface area contributed by atoms with Gasteiger partial charge in [0, 0.05) is 30.5 Å². The number of carbonyl (C=O) groups excluding carboxylic acids is 2. The van der Waals surface area contributed by atoms with Crippen molar-refractivity contribution in [3.05, 3.63) is 9.81 Å². The van der Waals surface area contributed by atoms with E-state index >= 15 is 0 Å². The highest BCUT2D eigenvalue weighted by Gasteiger charge is 2.47. The highest BCUT2D eigenvalue weighted by Crippen LogP contribution is 2.45. The van der Waals surface area contributed by atoms with Gasteiger partial charge in [0.1, 0.15) is 0 Å². The second-order valence-electron chi connectivity index (χ2n) is 5.29. The summed E-state index contributed by atoms with van der Waals surface area (Å²) in [4.78, 5) is 26.5. The Morgan fingerprint density at radius 2 is 1.57 bits per heavy atom. The van der Waals surface area contributed by atoms with Gasteiger partial charge < -0.3 is 16.6 Å². The Labute approximate surface area is 133 Å². The number of ketones is 2. The number of rotatable bonds is 6. The Hall–Kier alpha value is -0.340. The number of thioether (sulfide) groups is 2. The maximum absolute atomic E-state index is 12.7. The zero-order valence-corrected chi connectivity index (χ0v) is 13.5. The molecule has 3 atom stereocenters. The normalized spacial score (nSPS) is 29.8. The highest BCUT2D eigenvalue weighted by atomic mass is 32.2. The number of hydrogen-bond acceptors (Lipinski definition) is 7. The van der Waals surface area contributed by atoms with Crippen molar-refractivity contribution in [2.24, 2.45) is 23.3 Å². The molecule has 0 saturated heterocycles. The molecule has 2 rings (SSSR count). The van der Waals surface area contributed by atoms with Crippen molar-refractivity contribution in [2.45, 2.75) is 25.4 Å². The van der Waals surface area contributed by atoms with E-state index in [1.165, 1.54) is 23.5 Å². The minimum Gasteiger partial charge on any atom is -0.392 e. The SMILES string of the molecule is NCCSC1=C(SCCN)C(=O)C2C(O)CCCC2C1=O. The molecule has 0 aromatic rings. The minimum atomic E-state index is -0.699. The van der Waals surface area contributed by atoms with Gasteiger partial charge in [-0.3, -0.25) is 9.59 Å². The maximum Gasteiger partial charge on any atom is 0.176 e. The summed E-state index contributed by atoms with van der Waals surface area (Å²) in [6, 6.07) is 0. The summed E-state index contributed by atoms with van der Waals surface area (Å²) in [6.07, 6.45) is 1.38. The molecular weight excluding hydrogens is 308 g/mol. The van der Waals surface area contributed by atoms with E-state index < -0.39 is 12.0 Å². The van der Waals surface area contributed by atoms with Crippen molar-refractivity contribution in [3.63, 3.8) is 0 Å². The van der Waals surface area contributed by atoms with Gasteiger partial charge in [-0.1, -0.05) is 6.42 Å². The molecule has 0 bridgehead atoms. The molecule has 2 aliphatic carbocycles. The molecule has 0 aliphatic heterocycles. The number of nitrogens with two attached hydrogens (primary N) is 2. The van der Waals surface area contributed by atoms with Gasteiger partial charge in [0.25, 0.3) is 0 Å². The zero-order valence-electron chi connectivity index (χ0n) is 11.9. The van der Waals surface area contributed by atoms with E-state index in [-0.39, 0.29) is 17.5 Å². The number of allylic oxidation sites excluding steroid dienone is 2. The van der Waals surface area contributed by atoms with E-state index in [0.717, 1.165) is 6.42 Å². The van der Waals surface area contributed by atoms with Crippen molar-refractivity contribution in [2.75, 3.05) is 24.6 Å². The molecule has 5 N–H and O–H groups in total. The molecule has 0 heterocycles. The minimum absolute atomic E-state index is 0.0105. The molecule has 3 unspecified atom stereocenters. The smallest absolute Gasteiger partial charge is 0.176 e. The maximum atomic E-state index is 12.7. The van der Waals surface area contributed by atoms with E-state index in [0.29, 0.717) is 47.2 Å². The fourth-order valence-corrected chi connectivity index (χ4v) is 5.00. The Balaban J connectivity index is 2.34. The molecule has 0 radical (unpaired) electrons. The van der Waals surface area contributed by atoms with Crippen LogP contribution in [0.25, 0.3) is 0 Å².